The van der Waals surface area contributed by atoms with E-state index in [0.717, 1.165) is 0 Å². The van der Waals surface area contributed by atoms with Crippen LogP contribution in [0.25, 0.3) is 0 Å². The molecule has 0 saturated carbocycles. The van der Waals surface area contributed by atoms with Crippen LogP contribution in [0.5, 0.6) is 5.75 Å². The molecule has 0 aromatic heterocycles. The summed E-state index contributed by atoms with van der Waals surface area (Å²) >= 11 is 0. The van der Waals surface area contributed by atoms with Gasteiger partial charge in [-0.3, -0.25) is 0 Å². The van der Waals surface area contributed by atoms with E-state index in [-0.39, 0.29) is 0 Å². The van der Waals surface area contributed by atoms with Gasteiger partial charge in [-0.25, -0.2) is 0 Å². The normalized spacial score (nSPS) is 13.6. The fourth-order valence-electron chi connectivity index (χ4n) is 1.29. The number of rotatable bonds is 3. The first-order valence-corrected chi connectivity index (χ1v) is 5.25. The first kappa shape index (κ1) is 17.4. The van der Waals surface area contributed by atoms with Crippen LogP contribution in [-0.2, 0) is 6.18 Å². The number of ether oxygens (including phenoxy) is 1. The summed E-state index contributed by atoms with van der Waals surface area (Å²) in [5, 5.41) is 0. The summed E-state index contributed by atoms with van der Waals surface area (Å²) in [6.07, 6.45) is -15.8. The third-order valence-electron chi connectivity index (χ3n) is 2.39. The van der Waals surface area contributed by atoms with E-state index in [4.69, 9.17) is 0 Å². The van der Waals surface area contributed by atoms with Crippen molar-refractivity contribution in [2.24, 2.45) is 5.92 Å². The molecule has 10 heteroatoms. The number of hydrogen-bond donors (Lipinski definition) is 0. The number of hydrogen-bond acceptors (Lipinski definition) is 1. The maximum Gasteiger partial charge on any atom is 0.416 e. The van der Waals surface area contributed by atoms with Crippen molar-refractivity contribution in [3.63, 3.8) is 0 Å². The van der Waals surface area contributed by atoms with E-state index in [9.17, 15) is 39.5 Å². The topological polar surface area (TPSA) is 9.23 Å². The Labute approximate surface area is 112 Å². The molecule has 0 unspecified atom stereocenters. The van der Waals surface area contributed by atoms with Crippen molar-refractivity contribution in [1.29, 1.82) is 0 Å². The highest BCUT2D eigenvalue weighted by molar-refractivity contribution is 5.28. The molecule has 0 atom stereocenters. The molecule has 1 nitrogen and oxygen atoms in total. The fraction of sp³-hybridized carbons (Fsp3) is 0.455. The van der Waals surface area contributed by atoms with Gasteiger partial charge < -0.3 is 4.74 Å². The third kappa shape index (κ3) is 5.01. The van der Waals surface area contributed by atoms with Crippen molar-refractivity contribution in [3.05, 3.63) is 29.8 Å². The van der Waals surface area contributed by atoms with Crippen molar-refractivity contribution in [2.75, 3.05) is 6.61 Å². The van der Waals surface area contributed by atoms with E-state index in [2.05, 4.69) is 4.74 Å². The van der Waals surface area contributed by atoms with Gasteiger partial charge >= 0.3 is 18.5 Å². The van der Waals surface area contributed by atoms with Crippen LogP contribution in [0.15, 0.2) is 24.3 Å². The molecule has 0 amide bonds. The van der Waals surface area contributed by atoms with E-state index >= 15 is 0 Å². The smallest absolute Gasteiger partial charge is 0.416 e. The zero-order chi connectivity index (χ0) is 16.5. The highest BCUT2D eigenvalue weighted by atomic mass is 19.4. The zero-order valence-corrected chi connectivity index (χ0v) is 9.90. The summed E-state index contributed by atoms with van der Waals surface area (Å²) in [6.45, 7) is -1.77. The Hall–Kier alpha value is -1.61. The van der Waals surface area contributed by atoms with E-state index in [0.29, 0.717) is 24.3 Å². The van der Waals surface area contributed by atoms with E-state index in [1.807, 2.05) is 0 Å². The minimum absolute atomic E-state index is 0.492. The maximum atomic E-state index is 12.2. The van der Waals surface area contributed by atoms with Crippen LogP contribution >= 0.6 is 0 Å². The number of benzene rings is 1. The van der Waals surface area contributed by atoms with Crippen LogP contribution in [0, 0.1) is 5.92 Å². The van der Waals surface area contributed by atoms with Gasteiger partial charge in [-0.2, -0.15) is 39.5 Å². The second-order valence-electron chi connectivity index (χ2n) is 3.97. The fourth-order valence-corrected chi connectivity index (χ4v) is 1.29. The van der Waals surface area contributed by atoms with E-state index < -0.39 is 42.4 Å². The van der Waals surface area contributed by atoms with Gasteiger partial charge in [0.25, 0.3) is 0 Å². The summed E-state index contributed by atoms with van der Waals surface area (Å²) in [4.78, 5) is 0. The molecule has 120 valence electrons. The molecule has 0 saturated heterocycles. The van der Waals surface area contributed by atoms with Gasteiger partial charge in [0.1, 0.15) is 12.4 Å². The summed E-state index contributed by atoms with van der Waals surface area (Å²) < 4.78 is 114. The Morgan fingerprint density at radius 1 is 0.762 bits per heavy atom. The van der Waals surface area contributed by atoms with Gasteiger partial charge in [-0.05, 0) is 24.3 Å². The summed E-state index contributed by atoms with van der Waals surface area (Å²) in [6, 6.07) is 2.27. The molecule has 0 bridgehead atoms. The Morgan fingerprint density at radius 2 is 1.19 bits per heavy atom. The Bertz CT molecular complexity index is 441. The van der Waals surface area contributed by atoms with Gasteiger partial charge in [-0.1, -0.05) is 0 Å². The molecule has 0 aliphatic carbocycles. The third-order valence-corrected chi connectivity index (χ3v) is 2.39. The SMILES string of the molecule is FC(F)(F)c1ccc(OCC(C(F)(F)F)C(F)(F)F)cc1. The van der Waals surface area contributed by atoms with Crippen molar-refractivity contribution < 1.29 is 44.3 Å². The molecule has 21 heavy (non-hydrogen) atoms. The summed E-state index contributed by atoms with van der Waals surface area (Å²) in [5.74, 6) is -4.24. The number of alkyl halides is 9. The van der Waals surface area contributed by atoms with Crippen LogP contribution in [0.2, 0.25) is 0 Å². The zero-order valence-electron chi connectivity index (χ0n) is 9.90. The van der Waals surface area contributed by atoms with Crippen LogP contribution in [0.4, 0.5) is 39.5 Å². The lowest BCUT2D eigenvalue weighted by Gasteiger charge is -2.23. The maximum absolute atomic E-state index is 12.2. The van der Waals surface area contributed by atoms with Gasteiger partial charge in [0, 0.05) is 0 Å². The monoisotopic (exact) mass is 326 g/mol. The Morgan fingerprint density at radius 3 is 1.52 bits per heavy atom. The van der Waals surface area contributed by atoms with Crippen LogP contribution in [-0.4, -0.2) is 19.0 Å². The predicted molar refractivity (Wildman–Crippen MR) is 52.5 cm³/mol. The van der Waals surface area contributed by atoms with Crippen LogP contribution in [0.1, 0.15) is 5.56 Å². The Kier molecular flexibility index (Phi) is 4.69. The molecule has 0 fully saturated rings. The predicted octanol–water partition coefficient (Wildman–Crippen LogP) is 4.83. The molecule has 1 aromatic carbocycles. The van der Waals surface area contributed by atoms with Gasteiger partial charge in [-0.15, -0.1) is 0 Å². The summed E-state index contributed by atoms with van der Waals surface area (Å²) in [7, 11) is 0. The largest absolute Gasteiger partial charge is 0.493 e. The second kappa shape index (κ2) is 5.64. The van der Waals surface area contributed by atoms with E-state index in [1.54, 1.807) is 0 Å². The molecule has 1 rings (SSSR count). The van der Waals surface area contributed by atoms with Crippen molar-refractivity contribution in [1.82, 2.24) is 0 Å². The lowest BCUT2D eigenvalue weighted by Crippen LogP contribution is -2.40. The van der Waals surface area contributed by atoms with Gasteiger partial charge in [0.15, 0.2) is 5.92 Å². The summed E-state index contributed by atoms with van der Waals surface area (Å²) in [5.41, 5.74) is -1.10. The standard InChI is InChI=1S/C11H7F9O/c12-9(13,14)6-1-3-7(4-2-6)21-5-8(10(15,16)17)11(18,19)20/h1-4,8H,5H2. The van der Waals surface area contributed by atoms with Crippen molar-refractivity contribution >= 4 is 0 Å². The molecule has 0 aliphatic rings. The minimum atomic E-state index is -5.57. The highest BCUT2D eigenvalue weighted by Gasteiger charge is 2.57. The van der Waals surface area contributed by atoms with Gasteiger partial charge in [0.2, 0.25) is 0 Å². The first-order chi connectivity index (χ1) is 9.32. The lowest BCUT2D eigenvalue weighted by molar-refractivity contribution is -0.289. The quantitative estimate of drug-likeness (QED) is 0.723. The molecule has 0 spiro atoms. The van der Waals surface area contributed by atoms with Crippen LogP contribution in [0.3, 0.4) is 0 Å². The molecule has 0 heterocycles. The van der Waals surface area contributed by atoms with E-state index in [1.165, 1.54) is 0 Å². The highest BCUT2D eigenvalue weighted by Crippen LogP contribution is 2.39. The molecular weight excluding hydrogens is 319 g/mol. The molecule has 1 aromatic rings. The average Bonchev–Trinajstić information content (AvgIpc) is 2.24. The molecule has 0 aliphatic heterocycles. The van der Waals surface area contributed by atoms with Crippen LogP contribution < -0.4 is 4.74 Å². The average molecular weight is 326 g/mol. The lowest BCUT2D eigenvalue weighted by atomic mass is 10.1. The first-order valence-electron chi connectivity index (χ1n) is 5.25. The second-order valence-corrected chi connectivity index (χ2v) is 3.97. The van der Waals surface area contributed by atoms with Crippen molar-refractivity contribution in [2.45, 2.75) is 18.5 Å². The number of halogens is 9. The molecule has 0 radical (unpaired) electrons. The van der Waals surface area contributed by atoms with Gasteiger partial charge in [0.05, 0.1) is 5.56 Å². The Balaban J connectivity index is 2.78. The molecule has 0 N–H and O–H groups in total. The van der Waals surface area contributed by atoms with Crippen molar-refractivity contribution in [3.8, 4) is 5.75 Å². The molecular formula is C11H7F9O. The minimum Gasteiger partial charge on any atom is -0.493 e.